The molecule has 0 fully saturated rings. The van der Waals surface area contributed by atoms with E-state index in [4.69, 9.17) is 9.15 Å². The van der Waals surface area contributed by atoms with Gasteiger partial charge < -0.3 is 14.5 Å². The Labute approximate surface area is 183 Å². The van der Waals surface area contributed by atoms with Gasteiger partial charge in [-0.15, -0.1) is 0 Å². The van der Waals surface area contributed by atoms with E-state index < -0.39 is 0 Å². The van der Waals surface area contributed by atoms with E-state index >= 15 is 0 Å². The maximum absolute atomic E-state index is 12.8. The van der Waals surface area contributed by atoms with E-state index in [2.05, 4.69) is 26.2 Å². The lowest BCUT2D eigenvalue weighted by atomic mass is 10.1. The van der Waals surface area contributed by atoms with Crippen LogP contribution in [-0.2, 0) is 0 Å². The summed E-state index contributed by atoms with van der Waals surface area (Å²) in [5.41, 5.74) is 5.67. The van der Waals surface area contributed by atoms with E-state index in [-0.39, 0.29) is 5.91 Å². The average Bonchev–Trinajstić information content (AvgIpc) is 3.14. The second-order valence-electron chi connectivity index (χ2n) is 7.05. The van der Waals surface area contributed by atoms with Gasteiger partial charge in [0, 0.05) is 16.8 Å². The highest BCUT2D eigenvalue weighted by Gasteiger charge is 2.14. The van der Waals surface area contributed by atoms with Crippen LogP contribution in [0.1, 0.15) is 28.4 Å². The summed E-state index contributed by atoms with van der Waals surface area (Å²) < 4.78 is 12.2. The largest absolute Gasteiger partial charge is 0.493 e. The number of carbonyl (C=O) groups excluding carboxylic acids is 1. The van der Waals surface area contributed by atoms with Crippen molar-refractivity contribution in [2.24, 2.45) is 0 Å². The van der Waals surface area contributed by atoms with Crippen LogP contribution in [0.15, 0.2) is 63.5 Å². The molecule has 152 valence electrons. The minimum atomic E-state index is -0.202. The van der Waals surface area contributed by atoms with Gasteiger partial charge in [-0.3, -0.25) is 4.79 Å². The van der Waals surface area contributed by atoms with Gasteiger partial charge in [0.1, 0.15) is 11.3 Å². The van der Waals surface area contributed by atoms with Crippen LogP contribution < -0.4 is 10.1 Å². The van der Waals surface area contributed by atoms with Crippen molar-refractivity contribution in [3.63, 3.8) is 0 Å². The molecule has 3 aromatic carbocycles. The Morgan fingerprint density at radius 3 is 2.70 bits per heavy atom. The number of aryl methyl sites for hydroxylation is 2. The number of anilines is 1. The van der Waals surface area contributed by atoms with Crippen molar-refractivity contribution >= 4 is 38.6 Å². The molecule has 0 spiro atoms. The number of nitrogens with one attached hydrogen (secondary N) is 1. The molecule has 0 saturated carbocycles. The number of fused-ring (bicyclic) bond motifs is 1. The molecular formula is C24H21BrN2O3. The first-order valence-electron chi connectivity index (χ1n) is 9.66. The van der Waals surface area contributed by atoms with E-state index in [1.54, 1.807) is 18.2 Å². The molecule has 0 aliphatic carbocycles. The topological polar surface area (TPSA) is 64.4 Å². The maximum atomic E-state index is 12.8. The molecule has 1 N–H and O–H groups in total. The summed E-state index contributed by atoms with van der Waals surface area (Å²) in [7, 11) is 0. The van der Waals surface area contributed by atoms with Crippen LogP contribution in [0.3, 0.4) is 0 Å². The lowest BCUT2D eigenvalue weighted by Gasteiger charge is -2.11. The van der Waals surface area contributed by atoms with E-state index in [0.29, 0.717) is 29.5 Å². The molecule has 1 aromatic heterocycles. The van der Waals surface area contributed by atoms with Gasteiger partial charge in [-0.2, -0.15) is 0 Å². The standard InChI is InChI=1S/C24H21BrN2O3/c1-4-29-21-10-8-16(12-18(21)25)23(28)26-19-13-17(7-6-15(19)3)24-27-20-11-14(2)5-9-22(20)30-24/h5-13H,4H2,1-3H3,(H,26,28). The van der Waals surface area contributed by atoms with Crippen LogP contribution in [0, 0.1) is 13.8 Å². The molecule has 0 saturated heterocycles. The third-order valence-electron chi connectivity index (χ3n) is 4.77. The Morgan fingerprint density at radius 1 is 1.10 bits per heavy atom. The first kappa shape index (κ1) is 20.2. The van der Waals surface area contributed by atoms with Gasteiger partial charge in [-0.25, -0.2) is 4.98 Å². The molecule has 0 radical (unpaired) electrons. The van der Waals surface area contributed by atoms with Crippen molar-refractivity contribution in [2.75, 3.05) is 11.9 Å². The highest BCUT2D eigenvalue weighted by Crippen LogP contribution is 2.30. The van der Waals surface area contributed by atoms with Crippen molar-refractivity contribution in [3.8, 4) is 17.2 Å². The Kier molecular flexibility index (Phi) is 5.59. The smallest absolute Gasteiger partial charge is 0.255 e. The van der Waals surface area contributed by atoms with Crippen LogP contribution in [0.5, 0.6) is 5.75 Å². The second kappa shape index (κ2) is 8.32. The number of ether oxygens (including phenoxy) is 1. The Bertz CT molecular complexity index is 1250. The molecule has 4 aromatic rings. The van der Waals surface area contributed by atoms with Gasteiger partial charge in [-0.1, -0.05) is 12.1 Å². The Morgan fingerprint density at radius 2 is 1.93 bits per heavy atom. The second-order valence-corrected chi connectivity index (χ2v) is 7.91. The fourth-order valence-corrected chi connectivity index (χ4v) is 3.65. The summed E-state index contributed by atoms with van der Waals surface area (Å²) in [4.78, 5) is 17.4. The van der Waals surface area contributed by atoms with Gasteiger partial charge in [0.25, 0.3) is 5.91 Å². The predicted molar refractivity (Wildman–Crippen MR) is 122 cm³/mol. The van der Waals surface area contributed by atoms with Gasteiger partial charge in [0.2, 0.25) is 5.89 Å². The molecule has 0 bridgehead atoms. The number of oxazole rings is 1. The van der Waals surface area contributed by atoms with Crippen molar-refractivity contribution in [1.29, 1.82) is 0 Å². The van der Waals surface area contributed by atoms with E-state index in [1.807, 2.05) is 57.2 Å². The zero-order chi connectivity index (χ0) is 21.3. The van der Waals surface area contributed by atoms with Crippen LogP contribution in [0.4, 0.5) is 5.69 Å². The molecular weight excluding hydrogens is 444 g/mol. The Balaban J connectivity index is 1.61. The van der Waals surface area contributed by atoms with Crippen molar-refractivity contribution in [3.05, 3.63) is 75.8 Å². The first-order chi connectivity index (χ1) is 14.4. The van der Waals surface area contributed by atoms with E-state index in [1.165, 1.54) is 0 Å². The molecule has 0 atom stereocenters. The number of hydrogen-bond acceptors (Lipinski definition) is 4. The Hall–Kier alpha value is -3.12. The fourth-order valence-electron chi connectivity index (χ4n) is 3.16. The van der Waals surface area contributed by atoms with E-state index in [9.17, 15) is 4.79 Å². The fraction of sp³-hybridized carbons (Fsp3) is 0.167. The van der Waals surface area contributed by atoms with E-state index in [0.717, 1.165) is 32.3 Å². The molecule has 0 aliphatic heterocycles. The summed E-state index contributed by atoms with van der Waals surface area (Å²) in [6.07, 6.45) is 0. The monoisotopic (exact) mass is 464 g/mol. The number of amides is 1. The minimum Gasteiger partial charge on any atom is -0.493 e. The molecule has 0 aliphatic rings. The highest BCUT2D eigenvalue weighted by atomic mass is 79.9. The summed E-state index contributed by atoms with van der Waals surface area (Å²) >= 11 is 3.45. The number of benzene rings is 3. The summed E-state index contributed by atoms with van der Waals surface area (Å²) in [6, 6.07) is 16.9. The van der Waals surface area contributed by atoms with Crippen molar-refractivity contribution < 1.29 is 13.9 Å². The molecule has 1 heterocycles. The number of hydrogen-bond donors (Lipinski definition) is 1. The minimum absolute atomic E-state index is 0.202. The summed E-state index contributed by atoms with van der Waals surface area (Å²) in [6.45, 7) is 6.45. The highest BCUT2D eigenvalue weighted by molar-refractivity contribution is 9.10. The zero-order valence-corrected chi connectivity index (χ0v) is 18.5. The molecule has 1 amide bonds. The summed E-state index contributed by atoms with van der Waals surface area (Å²) in [5, 5.41) is 2.99. The van der Waals surface area contributed by atoms with Gasteiger partial charge in [0.05, 0.1) is 11.1 Å². The molecule has 5 nitrogen and oxygen atoms in total. The summed E-state index contributed by atoms with van der Waals surface area (Å²) in [5.74, 6) is 1.03. The van der Waals surface area contributed by atoms with Gasteiger partial charge in [0.15, 0.2) is 5.58 Å². The number of rotatable bonds is 5. The quantitative estimate of drug-likeness (QED) is 0.364. The molecule has 0 unspecified atom stereocenters. The SMILES string of the molecule is CCOc1ccc(C(=O)Nc2cc(-c3nc4cc(C)ccc4o3)ccc2C)cc1Br. The maximum Gasteiger partial charge on any atom is 0.255 e. The molecule has 4 rings (SSSR count). The van der Waals surface area contributed by atoms with Crippen molar-refractivity contribution in [2.45, 2.75) is 20.8 Å². The number of aromatic nitrogens is 1. The number of carbonyl (C=O) groups is 1. The van der Waals surface area contributed by atoms with Gasteiger partial charge >= 0.3 is 0 Å². The van der Waals surface area contributed by atoms with Gasteiger partial charge in [-0.05, 0) is 90.3 Å². The predicted octanol–water partition coefficient (Wildman–Crippen LogP) is 6.53. The van der Waals surface area contributed by atoms with Crippen LogP contribution in [0.2, 0.25) is 0 Å². The zero-order valence-electron chi connectivity index (χ0n) is 17.0. The lowest BCUT2D eigenvalue weighted by molar-refractivity contribution is 0.102. The lowest BCUT2D eigenvalue weighted by Crippen LogP contribution is -2.13. The number of halogens is 1. The molecule has 6 heteroatoms. The molecule has 30 heavy (non-hydrogen) atoms. The van der Waals surface area contributed by atoms with Crippen molar-refractivity contribution in [1.82, 2.24) is 4.98 Å². The van der Waals surface area contributed by atoms with Crippen LogP contribution >= 0.6 is 15.9 Å². The third-order valence-corrected chi connectivity index (χ3v) is 5.39. The third kappa shape index (κ3) is 4.09. The first-order valence-corrected chi connectivity index (χ1v) is 10.5. The number of nitrogens with zero attached hydrogens (tertiary/aromatic N) is 1. The average molecular weight is 465 g/mol. The van der Waals surface area contributed by atoms with Crippen LogP contribution in [0.25, 0.3) is 22.6 Å². The normalized spacial score (nSPS) is 10.9. The van der Waals surface area contributed by atoms with Crippen LogP contribution in [-0.4, -0.2) is 17.5 Å².